The van der Waals surface area contributed by atoms with Crippen molar-refractivity contribution in [1.29, 1.82) is 0 Å². The van der Waals surface area contributed by atoms with Crippen molar-refractivity contribution in [2.75, 3.05) is 13.1 Å². The van der Waals surface area contributed by atoms with E-state index in [4.69, 9.17) is 0 Å². The first-order valence-corrected chi connectivity index (χ1v) is 4.64. The minimum atomic E-state index is 0.542. The van der Waals surface area contributed by atoms with Gasteiger partial charge in [0, 0.05) is 6.54 Å². The third kappa shape index (κ3) is 2.06. The van der Waals surface area contributed by atoms with E-state index in [-0.39, 0.29) is 0 Å². The van der Waals surface area contributed by atoms with Gasteiger partial charge in [0.2, 0.25) is 0 Å². The second-order valence-corrected chi connectivity index (χ2v) is 3.63. The largest absolute Gasteiger partial charge is 0.316 e. The van der Waals surface area contributed by atoms with Gasteiger partial charge in [-0.2, -0.15) is 0 Å². The smallest absolute Gasteiger partial charge is 0.00107 e. The van der Waals surface area contributed by atoms with Crippen LogP contribution in [-0.2, 0) is 0 Å². The molecule has 11 heavy (non-hydrogen) atoms. The standard InChI is InChI=1S/C10H19N/c1-3-6-10(4-2)7-5-8-11-9-10/h3,11H,1,4-9H2,2H3. The fraction of sp³-hybridized carbons (Fsp3) is 0.800. The SMILES string of the molecule is C=CCC1(CC)CCCNC1. The van der Waals surface area contributed by atoms with Crippen LogP contribution in [0.2, 0.25) is 0 Å². The zero-order valence-electron chi connectivity index (χ0n) is 7.53. The van der Waals surface area contributed by atoms with Gasteiger partial charge in [-0.25, -0.2) is 0 Å². The van der Waals surface area contributed by atoms with Crippen molar-refractivity contribution in [3.63, 3.8) is 0 Å². The molecule has 0 amide bonds. The Bertz CT molecular complexity index is 123. The molecule has 0 bridgehead atoms. The molecule has 64 valence electrons. The number of hydrogen-bond acceptors (Lipinski definition) is 1. The lowest BCUT2D eigenvalue weighted by atomic mass is 9.76. The van der Waals surface area contributed by atoms with E-state index in [0.717, 1.165) is 0 Å². The van der Waals surface area contributed by atoms with Crippen LogP contribution in [0.3, 0.4) is 0 Å². The Kier molecular flexibility index (Phi) is 3.13. The summed E-state index contributed by atoms with van der Waals surface area (Å²) < 4.78 is 0. The molecule has 0 aromatic carbocycles. The zero-order valence-corrected chi connectivity index (χ0v) is 7.53. The van der Waals surface area contributed by atoms with E-state index in [1.54, 1.807) is 0 Å². The summed E-state index contributed by atoms with van der Waals surface area (Å²) in [6.07, 6.45) is 7.24. The number of allylic oxidation sites excluding steroid dienone is 1. The van der Waals surface area contributed by atoms with Gasteiger partial charge >= 0.3 is 0 Å². The Morgan fingerprint density at radius 3 is 2.91 bits per heavy atom. The van der Waals surface area contributed by atoms with Gasteiger partial charge in [-0.3, -0.25) is 0 Å². The summed E-state index contributed by atoms with van der Waals surface area (Å²) in [5.74, 6) is 0. The molecule has 1 aliphatic rings. The topological polar surface area (TPSA) is 12.0 Å². The van der Waals surface area contributed by atoms with Gasteiger partial charge in [0.05, 0.1) is 0 Å². The highest BCUT2D eigenvalue weighted by Crippen LogP contribution is 2.33. The summed E-state index contributed by atoms with van der Waals surface area (Å²) >= 11 is 0. The molecule has 0 spiro atoms. The Morgan fingerprint density at radius 2 is 2.45 bits per heavy atom. The van der Waals surface area contributed by atoms with E-state index in [9.17, 15) is 0 Å². The molecule has 1 N–H and O–H groups in total. The average Bonchev–Trinajstić information content (AvgIpc) is 2.07. The van der Waals surface area contributed by atoms with Crippen LogP contribution in [0.4, 0.5) is 0 Å². The predicted octanol–water partition coefficient (Wildman–Crippen LogP) is 2.34. The van der Waals surface area contributed by atoms with Gasteiger partial charge in [-0.15, -0.1) is 6.58 Å². The minimum Gasteiger partial charge on any atom is -0.316 e. The maximum absolute atomic E-state index is 3.82. The van der Waals surface area contributed by atoms with Crippen molar-refractivity contribution in [2.45, 2.75) is 32.6 Å². The maximum atomic E-state index is 3.82. The molecule has 1 saturated heterocycles. The first-order valence-electron chi connectivity index (χ1n) is 4.64. The van der Waals surface area contributed by atoms with Crippen LogP contribution in [0.25, 0.3) is 0 Å². The summed E-state index contributed by atoms with van der Waals surface area (Å²) in [6.45, 7) is 8.51. The van der Waals surface area contributed by atoms with Gasteiger partial charge in [-0.05, 0) is 37.6 Å². The molecule has 0 aromatic rings. The molecule has 0 aromatic heterocycles. The lowest BCUT2D eigenvalue weighted by Gasteiger charge is -2.36. The lowest BCUT2D eigenvalue weighted by Crippen LogP contribution is -2.39. The van der Waals surface area contributed by atoms with Crippen LogP contribution in [-0.4, -0.2) is 13.1 Å². The summed E-state index contributed by atoms with van der Waals surface area (Å²) in [7, 11) is 0. The molecule has 0 radical (unpaired) electrons. The first kappa shape index (κ1) is 8.79. The molecule has 1 heterocycles. The molecule has 1 atom stereocenters. The second kappa shape index (κ2) is 3.91. The third-order valence-corrected chi connectivity index (χ3v) is 2.89. The number of nitrogens with one attached hydrogen (secondary N) is 1. The molecular formula is C10H19N. The van der Waals surface area contributed by atoms with Crippen LogP contribution in [0.1, 0.15) is 32.6 Å². The summed E-state index contributed by atoms with van der Waals surface area (Å²) in [5.41, 5.74) is 0.542. The first-order chi connectivity index (χ1) is 5.33. The number of piperidine rings is 1. The Labute approximate surface area is 69.9 Å². The summed E-state index contributed by atoms with van der Waals surface area (Å²) in [5, 5.41) is 3.46. The van der Waals surface area contributed by atoms with Gasteiger partial charge in [-0.1, -0.05) is 13.0 Å². The molecule has 1 rings (SSSR count). The predicted molar refractivity (Wildman–Crippen MR) is 49.6 cm³/mol. The van der Waals surface area contributed by atoms with Crippen molar-refractivity contribution in [1.82, 2.24) is 5.32 Å². The monoisotopic (exact) mass is 153 g/mol. The quantitative estimate of drug-likeness (QED) is 0.614. The highest BCUT2D eigenvalue weighted by Gasteiger charge is 2.28. The van der Waals surface area contributed by atoms with Crippen LogP contribution < -0.4 is 5.32 Å². The minimum absolute atomic E-state index is 0.542. The van der Waals surface area contributed by atoms with Gasteiger partial charge in [0.1, 0.15) is 0 Å². The molecule has 1 unspecified atom stereocenters. The number of rotatable bonds is 3. The highest BCUT2D eigenvalue weighted by molar-refractivity contribution is 4.89. The fourth-order valence-electron chi connectivity index (χ4n) is 1.96. The van der Waals surface area contributed by atoms with E-state index in [0.29, 0.717) is 5.41 Å². The highest BCUT2D eigenvalue weighted by atomic mass is 14.9. The van der Waals surface area contributed by atoms with E-state index in [2.05, 4.69) is 24.9 Å². The molecular weight excluding hydrogens is 134 g/mol. The molecule has 1 aliphatic heterocycles. The Balaban J connectivity index is 2.49. The third-order valence-electron chi connectivity index (χ3n) is 2.89. The molecule has 1 heteroatoms. The zero-order chi connectivity index (χ0) is 8.16. The van der Waals surface area contributed by atoms with Crippen molar-refractivity contribution < 1.29 is 0 Å². The van der Waals surface area contributed by atoms with Gasteiger partial charge in [0.15, 0.2) is 0 Å². The van der Waals surface area contributed by atoms with Crippen LogP contribution in [0.5, 0.6) is 0 Å². The summed E-state index contributed by atoms with van der Waals surface area (Å²) in [6, 6.07) is 0. The molecule has 0 aliphatic carbocycles. The van der Waals surface area contributed by atoms with Crippen LogP contribution in [0, 0.1) is 5.41 Å². The molecule has 1 fully saturated rings. The average molecular weight is 153 g/mol. The van der Waals surface area contributed by atoms with Crippen LogP contribution in [0.15, 0.2) is 12.7 Å². The lowest BCUT2D eigenvalue weighted by molar-refractivity contribution is 0.203. The van der Waals surface area contributed by atoms with E-state index >= 15 is 0 Å². The Hall–Kier alpha value is -0.300. The van der Waals surface area contributed by atoms with E-state index in [1.807, 2.05) is 0 Å². The summed E-state index contributed by atoms with van der Waals surface area (Å²) in [4.78, 5) is 0. The van der Waals surface area contributed by atoms with Crippen molar-refractivity contribution in [3.8, 4) is 0 Å². The molecule has 1 nitrogen and oxygen atoms in total. The van der Waals surface area contributed by atoms with Crippen molar-refractivity contribution >= 4 is 0 Å². The van der Waals surface area contributed by atoms with Crippen molar-refractivity contribution in [2.24, 2.45) is 5.41 Å². The van der Waals surface area contributed by atoms with Crippen LogP contribution >= 0.6 is 0 Å². The van der Waals surface area contributed by atoms with E-state index < -0.39 is 0 Å². The second-order valence-electron chi connectivity index (χ2n) is 3.63. The Morgan fingerprint density at radius 1 is 1.64 bits per heavy atom. The molecule has 0 saturated carbocycles. The fourth-order valence-corrected chi connectivity index (χ4v) is 1.96. The number of hydrogen-bond donors (Lipinski definition) is 1. The van der Waals surface area contributed by atoms with Crippen molar-refractivity contribution in [3.05, 3.63) is 12.7 Å². The van der Waals surface area contributed by atoms with Gasteiger partial charge < -0.3 is 5.32 Å². The van der Waals surface area contributed by atoms with E-state index in [1.165, 1.54) is 38.8 Å². The normalized spacial score (nSPS) is 31.7. The van der Waals surface area contributed by atoms with Gasteiger partial charge in [0.25, 0.3) is 0 Å². The maximum Gasteiger partial charge on any atom is 0.00107 e.